The Morgan fingerprint density at radius 1 is 1.06 bits per heavy atom. The van der Waals surface area contributed by atoms with Crippen LogP contribution < -0.4 is 4.74 Å². The van der Waals surface area contributed by atoms with Crippen molar-refractivity contribution < 1.29 is 9.47 Å². The normalized spacial score (nSPS) is 19.1. The van der Waals surface area contributed by atoms with Crippen molar-refractivity contribution in [2.24, 2.45) is 0 Å². The van der Waals surface area contributed by atoms with Gasteiger partial charge >= 0.3 is 0 Å². The van der Waals surface area contributed by atoms with E-state index in [0.29, 0.717) is 12.2 Å². The molecular weight excluding hydrogens is 224 g/mol. The number of benzene rings is 1. The molecule has 0 unspecified atom stereocenters. The van der Waals surface area contributed by atoms with Gasteiger partial charge in [-0.25, -0.2) is 0 Å². The Balaban J connectivity index is 2.09. The van der Waals surface area contributed by atoms with Gasteiger partial charge < -0.3 is 9.47 Å². The predicted octanol–water partition coefficient (Wildman–Crippen LogP) is 3.76. The molecule has 0 fully saturated rings. The first kappa shape index (κ1) is 13.4. The van der Waals surface area contributed by atoms with Crippen molar-refractivity contribution in [2.75, 3.05) is 0 Å². The van der Waals surface area contributed by atoms with Crippen LogP contribution in [-0.4, -0.2) is 18.3 Å². The van der Waals surface area contributed by atoms with Crippen molar-refractivity contribution in [3.63, 3.8) is 0 Å². The average molecular weight is 248 g/mol. The molecule has 2 heteroatoms. The molecule has 0 bridgehead atoms. The van der Waals surface area contributed by atoms with Crippen LogP contribution in [0.1, 0.15) is 45.2 Å². The van der Waals surface area contributed by atoms with Gasteiger partial charge in [0.25, 0.3) is 0 Å². The lowest BCUT2D eigenvalue weighted by molar-refractivity contribution is 0.000856. The molecule has 0 aliphatic heterocycles. The molecule has 0 spiro atoms. The highest BCUT2D eigenvalue weighted by molar-refractivity contribution is 5.37. The summed E-state index contributed by atoms with van der Waals surface area (Å²) in [5.41, 5.74) is 2.85. The van der Waals surface area contributed by atoms with E-state index in [2.05, 4.69) is 45.9 Å². The van der Waals surface area contributed by atoms with E-state index in [0.717, 1.165) is 25.0 Å². The Bertz CT molecular complexity index is 396. The highest BCUT2D eigenvalue weighted by atomic mass is 16.5. The second kappa shape index (κ2) is 5.75. The topological polar surface area (TPSA) is 18.5 Å². The van der Waals surface area contributed by atoms with Gasteiger partial charge in [0.05, 0.1) is 18.3 Å². The summed E-state index contributed by atoms with van der Waals surface area (Å²) >= 11 is 0. The average Bonchev–Trinajstić information content (AvgIpc) is 2.26. The van der Waals surface area contributed by atoms with Gasteiger partial charge in [-0.15, -0.1) is 0 Å². The van der Waals surface area contributed by atoms with Gasteiger partial charge in [-0.3, -0.25) is 0 Å². The van der Waals surface area contributed by atoms with Crippen LogP contribution in [0.4, 0.5) is 0 Å². The Labute approximate surface area is 110 Å². The third-order valence-corrected chi connectivity index (χ3v) is 3.20. The van der Waals surface area contributed by atoms with Crippen molar-refractivity contribution >= 4 is 0 Å². The Morgan fingerprint density at radius 2 is 1.83 bits per heavy atom. The van der Waals surface area contributed by atoms with E-state index in [9.17, 15) is 0 Å². The fourth-order valence-corrected chi connectivity index (χ4v) is 2.55. The third kappa shape index (κ3) is 3.49. The quantitative estimate of drug-likeness (QED) is 0.807. The number of rotatable bonds is 4. The van der Waals surface area contributed by atoms with Crippen molar-refractivity contribution in [3.8, 4) is 5.75 Å². The van der Waals surface area contributed by atoms with E-state index < -0.39 is 0 Å². The number of hydrogen-bond acceptors (Lipinski definition) is 2. The van der Waals surface area contributed by atoms with Crippen LogP contribution in [0.3, 0.4) is 0 Å². The molecule has 0 heterocycles. The van der Waals surface area contributed by atoms with E-state index >= 15 is 0 Å². The van der Waals surface area contributed by atoms with Crippen LogP contribution in [-0.2, 0) is 17.6 Å². The number of fused-ring (bicyclic) bond motifs is 1. The van der Waals surface area contributed by atoms with Gasteiger partial charge in [0, 0.05) is 0 Å². The zero-order chi connectivity index (χ0) is 13.1. The largest absolute Gasteiger partial charge is 0.491 e. The van der Waals surface area contributed by atoms with E-state index in [4.69, 9.17) is 9.47 Å². The first-order valence-corrected chi connectivity index (χ1v) is 6.98. The SMILES string of the molecule is CC(C)Oc1ccc2c(c1)C[C@@H](OC(C)C)CC2. The number of hydrogen-bond donors (Lipinski definition) is 0. The Hall–Kier alpha value is -1.02. The molecule has 1 aliphatic carbocycles. The van der Waals surface area contributed by atoms with E-state index in [1.807, 2.05) is 0 Å². The minimum atomic E-state index is 0.231. The summed E-state index contributed by atoms with van der Waals surface area (Å²) < 4.78 is 11.7. The maximum absolute atomic E-state index is 5.93. The smallest absolute Gasteiger partial charge is 0.119 e. The maximum atomic E-state index is 5.93. The molecule has 0 saturated carbocycles. The lowest BCUT2D eigenvalue weighted by atomic mass is 9.89. The minimum Gasteiger partial charge on any atom is -0.491 e. The summed E-state index contributed by atoms with van der Waals surface area (Å²) in [6.07, 6.45) is 4.18. The molecule has 1 aromatic carbocycles. The summed E-state index contributed by atoms with van der Waals surface area (Å²) in [4.78, 5) is 0. The second-order valence-corrected chi connectivity index (χ2v) is 5.65. The molecule has 1 aliphatic rings. The van der Waals surface area contributed by atoms with Gasteiger partial charge in [0.2, 0.25) is 0 Å². The highest BCUT2D eigenvalue weighted by Gasteiger charge is 2.20. The second-order valence-electron chi connectivity index (χ2n) is 5.65. The van der Waals surface area contributed by atoms with E-state index in [1.165, 1.54) is 11.1 Å². The number of aryl methyl sites for hydroxylation is 1. The molecule has 0 radical (unpaired) electrons. The molecule has 100 valence electrons. The van der Waals surface area contributed by atoms with Gasteiger partial charge in [0.15, 0.2) is 0 Å². The molecule has 1 atom stereocenters. The summed E-state index contributed by atoms with van der Waals surface area (Å²) in [7, 11) is 0. The first-order valence-electron chi connectivity index (χ1n) is 6.98. The standard InChI is InChI=1S/C16H24O2/c1-11(2)17-15-7-5-13-6-8-16(18-12(3)4)10-14(13)9-15/h5,7,9,11-12,16H,6,8,10H2,1-4H3/t16-/m0/s1. The zero-order valence-corrected chi connectivity index (χ0v) is 11.9. The molecule has 0 aromatic heterocycles. The lowest BCUT2D eigenvalue weighted by Gasteiger charge is -2.27. The van der Waals surface area contributed by atoms with Gasteiger partial charge in [-0.1, -0.05) is 6.07 Å². The zero-order valence-electron chi connectivity index (χ0n) is 11.9. The third-order valence-electron chi connectivity index (χ3n) is 3.20. The molecule has 0 saturated heterocycles. The van der Waals surface area contributed by atoms with Crippen molar-refractivity contribution in [1.82, 2.24) is 0 Å². The van der Waals surface area contributed by atoms with Crippen LogP contribution in [0.25, 0.3) is 0 Å². The van der Waals surface area contributed by atoms with Gasteiger partial charge in [-0.05, 0) is 70.2 Å². The van der Waals surface area contributed by atoms with Crippen LogP contribution in [0.5, 0.6) is 5.75 Å². The summed E-state index contributed by atoms with van der Waals surface area (Å²) in [5, 5.41) is 0. The fourth-order valence-electron chi connectivity index (χ4n) is 2.55. The van der Waals surface area contributed by atoms with Crippen molar-refractivity contribution in [3.05, 3.63) is 29.3 Å². The Kier molecular flexibility index (Phi) is 4.28. The molecule has 0 N–H and O–H groups in total. The fraction of sp³-hybridized carbons (Fsp3) is 0.625. The highest BCUT2D eigenvalue weighted by Crippen LogP contribution is 2.27. The molecule has 2 rings (SSSR count). The van der Waals surface area contributed by atoms with Crippen LogP contribution in [0, 0.1) is 0 Å². The molecule has 18 heavy (non-hydrogen) atoms. The molecular formula is C16H24O2. The van der Waals surface area contributed by atoms with Crippen molar-refractivity contribution in [2.45, 2.75) is 65.3 Å². The Morgan fingerprint density at radius 3 is 2.50 bits per heavy atom. The minimum absolute atomic E-state index is 0.231. The maximum Gasteiger partial charge on any atom is 0.119 e. The summed E-state index contributed by atoms with van der Waals surface area (Å²) in [5.74, 6) is 0.981. The predicted molar refractivity (Wildman–Crippen MR) is 74.2 cm³/mol. The van der Waals surface area contributed by atoms with Crippen LogP contribution in [0.2, 0.25) is 0 Å². The first-order chi connectivity index (χ1) is 8.54. The lowest BCUT2D eigenvalue weighted by Crippen LogP contribution is -2.25. The molecule has 0 amide bonds. The van der Waals surface area contributed by atoms with Crippen LogP contribution >= 0.6 is 0 Å². The van der Waals surface area contributed by atoms with Crippen LogP contribution in [0.15, 0.2) is 18.2 Å². The van der Waals surface area contributed by atoms with Crippen molar-refractivity contribution in [1.29, 1.82) is 0 Å². The molecule has 2 nitrogen and oxygen atoms in total. The summed E-state index contributed by atoms with van der Waals surface area (Å²) in [6.45, 7) is 8.33. The van der Waals surface area contributed by atoms with Gasteiger partial charge in [-0.2, -0.15) is 0 Å². The monoisotopic (exact) mass is 248 g/mol. The summed E-state index contributed by atoms with van der Waals surface area (Å²) in [6, 6.07) is 6.48. The molecule has 1 aromatic rings. The van der Waals surface area contributed by atoms with Gasteiger partial charge in [0.1, 0.15) is 5.75 Å². The van der Waals surface area contributed by atoms with E-state index in [-0.39, 0.29) is 6.10 Å². The van der Waals surface area contributed by atoms with E-state index in [1.54, 1.807) is 0 Å². The number of ether oxygens (including phenoxy) is 2.